The van der Waals surface area contributed by atoms with Crippen LogP contribution in [-0.2, 0) is 9.53 Å². The number of ether oxygens (including phenoxy) is 2. The summed E-state index contributed by atoms with van der Waals surface area (Å²) in [6, 6.07) is 9.35. The van der Waals surface area contributed by atoms with E-state index in [1.165, 1.54) is 17.2 Å². The summed E-state index contributed by atoms with van der Waals surface area (Å²) in [5.41, 5.74) is 0.0925. The van der Waals surface area contributed by atoms with Gasteiger partial charge in [-0.3, -0.25) is 14.7 Å². The van der Waals surface area contributed by atoms with Crippen LogP contribution in [0, 0.1) is 23.0 Å². The molecule has 256 valence electrons. The number of pyridine rings is 1. The van der Waals surface area contributed by atoms with Crippen molar-refractivity contribution in [2.24, 2.45) is 0 Å². The zero-order chi connectivity index (χ0) is 35.0. The Morgan fingerprint density at radius 2 is 1.96 bits per heavy atom. The molecule has 2 saturated heterocycles. The number of rotatable bonds is 9. The molecule has 0 radical (unpaired) electrons. The van der Waals surface area contributed by atoms with Gasteiger partial charge in [-0.1, -0.05) is 42.4 Å². The smallest absolute Gasteiger partial charge is 0.319 e. The number of benzene rings is 2. The van der Waals surface area contributed by atoms with Crippen LogP contribution in [0.25, 0.3) is 32.9 Å². The fourth-order valence-electron chi connectivity index (χ4n) is 6.81. The molecule has 0 saturated carbocycles. The molecule has 2 aliphatic rings. The average molecular weight is 694 g/mol. The van der Waals surface area contributed by atoms with Crippen LogP contribution in [0.2, 0.25) is 5.02 Å². The van der Waals surface area contributed by atoms with Gasteiger partial charge in [-0.2, -0.15) is 15.2 Å². The van der Waals surface area contributed by atoms with Crippen molar-refractivity contribution in [3.05, 3.63) is 65.6 Å². The van der Waals surface area contributed by atoms with E-state index in [0.717, 1.165) is 13.0 Å². The van der Waals surface area contributed by atoms with Gasteiger partial charge in [0.25, 0.3) is 5.91 Å². The van der Waals surface area contributed by atoms with Crippen molar-refractivity contribution in [1.82, 2.24) is 24.8 Å². The maximum absolute atomic E-state index is 16.8. The molecule has 2 aromatic heterocycles. The number of methoxy groups -OCH3 is 1. The first-order valence-corrected chi connectivity index (χ1v) is 16.3. The highest BCUT2D eigenvalue weighted by Gasteiger charge is 2.36. The normalized spacial score (nSPS) is 19.9. The Kier molecular flexibility index (Phi) is 9.92. The molecule has 4 heterocycles. The quantitative estimate of drug-likeness (QED) is 0.193. The van der Waals surface area contributed by atoms with E-state index < -0.39 is 29.4 Å². The first-order chi connectivity index (χ1) is 23.5. The maximum atomic E-state index is 16.8. The molecule has 3 atom stereocenters. The fraction of sp³-hybridized carbons (Fsp3) is 0.400. The third-order valence-corrected chi connectivity index (χ3v) is 9.63. The Morgan fingerprint density at radius 1 is 1.16 bits per heavy atom. The summed E-state index contributed by atoms with van der Waals surface area (Å²) in [5.74, 6) is -3.18. The minimum atomic E-state index is -1.12. The number of fused-ring (bicyclic) bond motifs is 2. The summed E-state index contributed by atoms with van der Waals surface area (Å²) >= 11 is 6.38. The number of anilines is 1. The summed E-state index contributed by atoms with van der Waals surface area (Å²) in [6.45, 7) is 8.59. The van der Waals surface area contributed by atoms with Gasteiger partial charge < -0.3 is 19.3 Å². The molecule has 0 spiro atoms. The molecule has 0 aliphatic carbocycles. The SMILES string of the molecule is C=C(F)C(=O)N1CCN(c2nc(OC[C@@H]3C[C@@H](OC)CN3C(C)C)nc3c(F)c(-c4cccc5ccc(F)c(Cl)c45)ncc23)CC1CC#N. The number of halogens is 4. The second-order valence-electron chi connectivity index (χ2n) is 12.5. The van der Waals surface area contributed by atoms with Crippen molar-refractivity contribution in [2.75, 3.05) is 44.8 Å². The van der Waals surface area contributed by atoms with Crippen LogP contribution >= 0.6 is 11.6 Å². The average Bonchev–Trinajstić information content (AvgIpc) is 3.52. The van der Waals surface area contributed by atoms with Crippen molar-refractivity contribution >= 4 is 45.0 Å². The highest BCUT2D eigenvalue weighted by molar-refractivity contribution is 6.36. The maximum Gasteiger partial charge on any atom is 0.319 e. The Bertz CT molecular complexity index is 1970. The monoisotopic (exact) mass is 693 g/mol. The number of nitrogens with zero attached hydrogens (tertiary/aromatic N) is 7. The number of piperazine rings is 1. The number of carbonyl (C=O) groups excluding carboxylic acids is 1. The van der Waals surface area contributed by atoms with Gasteiger partial charge >= 0.3 is 6.01 Å². The second kappa shape index (κ2) is 14.2. The lowest BCUT2D eigenvalue weighted by Crippen LogP contribution is -2.55. The topological polar surface area (TPSA) is 108 Å². The highest BCUT2D eigenvalue weighted by atomic mass is 35.5. The Hall–Kier alpha value is -4.51. The molecule has 49 heavy (non-hydrogen) atoms. The summed E-state index contributed by atoms with van der Waals surface area (Å²) in [6.07, 6.45) is 2.11. The Balaban J connectivity index is 1.45. The van der Waals surface area contributed by atoms with Crippen LogP contribution in [0.1, 0.15) is 26.7 Å². The lowest BCUT2D eigenvalue weighted by atomic mass is 10.0. The first-order valence-electron chi connectivity index (χ1n) is 15.9. The van der Waals surface area contributed by atoms with E-state index in [1.807, 2.05) is 0 Å². The molecule has 14 heteroatoms. The van der Waals surface area contributed by atoms with E-state index in [0.29, 0.717) is 10.8 Å². The molecule has 2 aliphatic heterocycles. The molecule has 2 fully saturated rings. The zero-order valence-corrected chi connectivity index (χ0v) is 28.1. The molecule has 4 aromatic rings. The van der Waals surface area contributed by atoms with Gasteiger partial charge in [0.1, 0.15) is 29.5 Å². The number of aromatic nitrogens is 3. The molecule has 0 bridgehead atoms. The molecular formula is C35H35ClF3N7O3. The van der Waals surface area contributed by atoms with Gasteiger partial charge in [0.2, 0.25) is 0 Å². The molecule has 1 amide bonds. The van der Waals surface area contributed by atoms with Crippen LogP contribution in [0.5, 0.6) is 6.01 Å². The minimum Gasteiger partial charge on any atom is -0.462 e. The largest absolute Gasteiger partial charge is 0.462 e. The van der Waals surface area contributed by atoms with Crippen molar-refractivity contribution in [1.29, 1.82) is 5.26 Å². The molecular weight excluding hydrogens is 659 g/mol. The highest BCUT2D eigenvalue weighted by Crippen LogP contribution is 2.38. The van der Waals surface area contributed by atoms with E-state index in [2.05, 4.69) is 41.4 Å². The molecule has 2 aromatic carbocycles. The van der Waals surface area contributed by atoms with Crippen molar-refractivity contribution in [3.63, 3.8) is 0 Å². The summed E-state index contributed by atoms with van der Waals surface area (Å²) in [7, 11) is 1.67. The van der Waals surface area contributed by atoms with Crippen LogP contribution in [0.4, 0.5) is 19.0 Å². The number of likely N-dealkylation sites (tertiary alicyclic amines) is 1. The first kappa shape index (κ1) is 34.4. The molecule has 0 N–H and O–H groups in total. The predicted molar refractivity (Wildman–Crippen MR) is 180 cm³/mol. The van der Waals surface area contributed by atoms with E-state index in [4.69, 9.17) is 26.1 Å². The van der Waals surface area contributed by atoms with E-state index in [1.54, 1.807) is 36.3 Å². The van der Waals surface area contributed by atoms with Crippen molar-refractivity contribution in [3.8, 4) is 23.3 Å². The lowest BCUT2D eigenvalue weighted by molar-refractivity contribution is -0.131. The Labute approximate surface area is 286 Å². The second-order valence-corrected chi connectivity index (χ2v) is 12.9. The van der Waals surface area contributed by atoms with Crippen LogP contribution < -0.4 is 9.64 Å². The number of hydrogen-bond donors (Lipinski definition) is 0. The lowest BCUT2D eigenvalue weighted by Gasteiger charge is -2.41. The van der Waals surface area contributed by atoms with Gasteiger partial charge in [-0.15, -0.1) is 0 Å². The number of hydrogen-bond acceptors (Lipinski definition) is 9. The number of carbonyl (C=O) groups is 1. The van der Waals surface area contributed by atoms with Crippen LogP contribution in [-0.4, -0.2) is 94.8 Å². The van der Waals surface area contributed by atoms with Gasteiger partial charge in [0.05, 0.1) is 35.0 Å². The fourth-order valence-corrected chi connectivity index (χ4v) is 7.08. The zero-order valence-electron chi connectivity index (χ0n) is 27.3. The molecule has 10 nitrogen and oxygen atoms in total. The molecule has 6 rings (SSSR count). The van der Waals surface area contributed by atoms with Gasteiger partial charge in [0, 0.05) is 62.5 Å². The number of nitriles is 1. The third kappa shape index (κ3) is 6.60. The van der Waals surface area contributed by atoms with Gasteiger partial charge in [-0.05, 0) is 31.7 Å². The minimum absolute atomic E-state index is 0.0124. The van der Waals surface area contributed by atoms with Gasteiger partial charge in [0.15, 0.2) is 11.6 Å². The van der Waals surface area contributed by atoms with E-state index >= 15 is 4.39 Å². The van der Waals surface area contributed by atoms with Crippen LogP contribution in [0.3, 0.4) is 0 Å². The summed E-state index contributed by atoms with van der Waals surface area (Å²) < 4.78 is 57.0. The number of amides is 1. The standard InChI is InChI=1S/C35H35ClF3N7O3/c1-19(2)46-17-24(48-4)14-23(46)18-49-35-42-32-26(33(43-35)44-12-13-45(34(47)20(3)37)22(16-44)10-11-40)15-41-31(30(32)39)25-7-5-6-21-8-9-27(38)29(36)28(21)25/h5-9,15,19,22-24H,3,10,12-14,16-18H2,1-2,4H3/t22?,23-,24+/m0/s1. The van der Waals surface area contributed by atoms with E-state index in [-0.39, 0.29) is 89.9 Å². The summed E-state index contributed by atoms with van der Waals surface area (Å²) in [4.78, 5) is 31.6. The van der Waals surface area contributed by atoms with E-state index in [9.17, 15) is 18.8 Å². The van der Waals surface area contributed by atoms with Crippen LogP contribution in [0.15, 0.2) is 48.9 Å². The third-order valence-electron chi connectivity index (χ3n) is 9.26. The van der Waals surface area contributed by atoms with Crippen molar-refractivity contribution < 1.29 is 27.4 Å². The predicted octanol–water partition coefficient (Wildman–Crippen LogP) is 6.07. The van der Waals surface area contributed by atoms with Crippen molar-refractivity contribution in [2.45, 2.75) is 50.9 Å². The molecule has 1 unspecified atom stereocenters. The Morgan fingerprint density at radius 3 is 2.67 bits per heavy atom. The summed E-state index contributed by atoms with van der Waals surface area (Å²) in [5, 5.41) is 10.5. The van der Waals surface area contributed by atoms with Gasteiger partial charge in [-0.25, -0.2) is 13.2 Å².